The molecule has 5 nitrogen and oxygen atoms in total. The standard InChI is InChI=1S/C18H19BrN4O/c1-3-8-24-17-7-5-13(10-14(17)19)11-20-23-18-21-15-6-4-12(2)9-16(15)22-18/h4-7,9-11H,3,8H2,1-2H3,(H2,21,22,23)/b20-11-. The minimum atomic E-state index is 0.619. The van der Waals surface area contributed by atoms with E-state index in [-0.39, 0.29) is 0 Å². The number of aromatic nitrogens is 2. The largest absolute Gasteiger partial charge is 0.492 e. The summed E-state index contributed by atoms with van der Waals surface area (Å²) < 4.78 is 6.55. The van der Waals surface area contributed by atoms with E-state index in [1.165, 1.54) is 5.56 Å². The molecule has 24 heavy (non-hydrogen) atoms. The van der Waals surface area contributed by atoms with Crippen LogP contribution >= 0.6 is 15.9 Å². The molecule has 0 saturated carbocycles. The summed E-state index contributed by atoms with van der Waals surface area (Å²) in [6.07, 6.45) is 2.73. The summed E-state index contributed by atoms with van der Waals surface area (Å²) in [6.45, 7) is 4.84. The summed E-state index contributed by atoms with van der Waals surface area (Å²) in [4.78, 5) is 7.64. The first-order valence-electron chi connectivity index (χ1n) is 7.83. The van der Waals surface area contributed by atoms with Crippen LogP contribution in [0, 0.1) is 6.92 Å². The van der Waals surface area contributed by atoms with Gasteiger partial charge in [-0.3, -0.25) is 0 Å². The van der Waals surface area contributed by atoms with E-state index in [9.17, 15) is 0 Å². The molecule has 124 valence electrons. The Kier molecular flexibility index (Phi) is 5.15. The fourth-order valence-corrected chi connectivity index (χ4v) is 2.78. The zero-order valence-corrected chi connectivity index (χ0v) is 15.2. The van der Waals surface area contributed by atoms with Crippen LogP contribution in [-0.2, 0) is 0 Å². The number of nitrogens with zero attached hydrogens (tertiary/aromatic N) is 2. The average Bonchev–Trinajstić information content (AvgIpc) is 2.96. The summed E-state index contributed by atoms with van der Waals surface area (Å²) >= 11 is 3.52. The maximum Gasteiger partial charge on any atom is 0.222 e. The van der Waals surface area contributed by atoms with Gasteiger partial charge in [-0.25, -0.2) is 10.4 Å². The second kappa shape index (κ2) is 7.49. The van der Waals surface area contributed by atoms with Crippen molar-refractivity contribution in [3.63, 3.8) is 0 Å². The molecule has 0 amide bonds. The number of hydrogen-bond donors (Lipinski definition) is 2. The molecule has 2 N–H and O–H groups in total. The topological polar surface area (TPSA) is 62.3 Å². The van der Waals surface area contributed by atoms with Gasteiger partial charge >= 0.3 is 0 Å². The molecule has 0 aliphatic heterocycles. The van der Waals surface area contributed by atoms with Gasteiger partial charge in [-0.1, -0.05) is 13.0 Å². The number of fused-ring (bicyclic) bond motifs is 1. The van der Waals surface area contributed by atoms with Crippen LogP contribution in [0.3, 0.4) is 0 Å². The van der Waals surface area contributed by atoms with Crippen molar-refractivity contribution < 1.29 is 4.74 Å². The van der Waals surface area contributed by atoms with Gasteiger partial charge in [0.2, 0.25) is 5.95 Å². The molecule has 0 aliphatic rings. The zero-order valence-electron chi connectivity index (χ0n) is 13.6. The predicted molar refractivity (Wildman–Crippen MR) is 102 cm³/mol. The van der Waals surface area contributed by atoms with Crippen molar-refractivity contribution in [3.05, 3.63) is 52.0 Å². The number of halogens is 1. The third-order valence-corrected chi connectivity index (χ3v) is 4.06. The van der Waals surface area contributed by atoms with Gasteiger partial charge in [-0.05, 0) is 70.7 Å². The molecule has 6 heteroatoms. The highest BCUT2D eigenvalue weighted by atomic mass is 79.9. The van der Waals surface area contributed by atoms with Crippen LogP contribution in [0.25, 0.3) is 11.0 Å². The lowest BCUT2D eigenvalue weighted by Gasteiger charge is -2.07. The number of benzene rings is 2. The summed E-state index contributed by atoms with van der Waals surface area (Å²) in [5, 5.41) is 4.23. The molecular weight excluding hydrogens is 368 g/mol. The van der Waals surface area contributed by atoms with Crippen molar-refractivity contribution in [3.8, 4) is 5.75 Å². The van der Waals surface area contributed by atoms with Gasteiger partial charge in [0.25, 0.3) is 0 Å². The first-order chi connectivity index (χ1) is 11.7. The van der Waals surface area contributed by atoms with E-state index < -0.39 is 0 Å². The van der Waals surface area contributed by atoms with Gasteiger partial charge in [0, 0.05) is 0 Å². The van der Waals surface area contributed by atoms with Crippen molar-refractivity contribution in [1.29, 1.82) is 0 Å². The van der Waals surface area contributed by atoms with Gasteiger partial charge in [0.05, 0.1) is 28.3 Å². The van der Waals surface area contributed by atoms with E-state index in [2.05, 4.69) is 56.3 Å². The minimum absolute atomic E-state index is 0.619. The normalized spacial score (nSPS) is 11.3. The van der Waals surface area contributed by atoms with Gasteiger partial charge in [-0.2, -0.15) is 5.10 Å². The molecular formula is C18H19BrN4O. The van der Waals surface area contributed by atoms with Crippen LogP contribution in [0.2, 0.25) is 0 Å². The highest BCUT2D eigenvalue weighted by molar-refractivity contribution is 9.10. The Morgan fingerprint density at radius 1 is 1.29 bits per heavy atom. The molecule has 0 unspecified atom stereocenters. The molecule has 1 heterocycles. The van der Waals surface area contributed by atoms with Crippen LogP contribution in [0.5, 0.6) is 5.75 Å². The lowest BCUT2D eigenvalue weighted by atomic mass is 10.2. The zero-order chi connectivity index (χ0) is 16.9. The Morgan fingerprint density at radius 3 is 2.96 bits per heavy atom. The molecule has 0 radical (unpaired) electrons. The average molecular weight is 387 g/mol. The summed E-state index contributed by atoms with van der Waals surface area (Å²) in [5.74, 6) is 1.46. The molecule has 0 spiro atoms. The van der Waals surface area contributed by atoms with Crippen LogP contribution in [0.4, 0.5) is 5.95 Å². The second-order valence-electron chi connectivity index (χ2n) is 5.51. The van der Waals surface area contributed by atoms with Crippen molar-refractivity contribution >= 4 is 39.1 Å². The van der Waals surface area contributed by atoms with Gasteiger partial charge in [-0.15, -0.1) is 0 Å². The van der Waals surface area contributed by atoms with Gasteiger partial charge in [0.1, 0.15) is 5.75 Å². The lowest BCUT2D eigenvalue weighted by Crippen LogP contribution is -1.96. The minimum Gasteiger partial charge on any atom is -0.492 e. The number of aryl methyl sites for hydroxylation is 1. The number of rotatable bonds is 6. The Balaban J connectivity index is 1.67. The quantitative estimate of drug-likeness (QED) is 0.469. The third kappa shape index (κ3) is 3.94. The third-order valence-electron chi connectivity index (χ3n) is 3.44. The number of hydrazone groups is 1. The van der Waals surface area contributed by atoms with E-state index in [0.29, 0.717) is 12.6 Å². The number of anilines is 1. The molecule has 0 bridgehead atoms. The number of nitrogens with one attached hydrogen (secondary N) is 2. The number of hydrogen-bond acceptors (Lipinski definition) is 4. The SMILES string of the molecule is CCCOc1ccc(/C=N\Nc2nc3ccc(C)cc3[nH]2)cc1Br. The second-order valence-corrected chi connectivity index (χ2v) is 6.37. The van der Waals surface area contributed by atoms with Crippen molar-refractivity contribution in [2.75, 3.05) is 12.0 Å². The van der Waals surface area contributed by atoms with Crippen LogP contribution in [-0.4, -0.2) is 22.8 Å². The highest BCUT2D eigenvalue weighted by Gasteiger charge is 2.03. The molecule has 2 aromatic carbocycles. The van der Waals surface area contributed by atoms with Crippen LogP contribution in [0.1, 0.15) is 24.5 Å². The van der Waals surface area contributed by atoms with E-state index in [1.54, 1.807) is 6.21 Å². The van der Waals surface area contributed by atoms with Crippen molar-refractivity contribution in [2.45, 2.75) is 20.3 Å². The van der Waals surface area contributed by atoms with E-state index in [4.69, 9.17) is 4.74 Å². The van der Waals surface area contributed by atoms with Crippen molar-refractivity contribution in [2.24, 2.45) is 5.10 Å². The monoisotopic (exact) mass is 386 g/mol. The first kappa shape index (κ1) is 16.5. The summed E-state index contributed by atoms with van der Waals surface area (Å²) in [6, 6.07) is 12.0. The van der Waals surface area contributed by atoms with E-state index >= 15 is 0 Å². The Morgan fingerprint density at radius 2 is 2.17 bits per heavy atom. The number of ether oxygens (including phenoxy) is 1. The first-order valence-corrected chi connectivity index (χ1v) is 8.63. The van der Waals surface area contributed by atoms with Crippen LogP contribution in [0.15, 0.2) is 46.0 Å². The molecule has 0 atom stereocenters. The Hall–Kier alpha value is -2.34. The highest BCUT2D eigenvalue weighted by Crippen LogP contribution is 2.25. The van der Waals surface area contributed by atoms with Crippen molar-refractivity contribution in [1.82, 2.24) is 9.97 Å². The number of imidazole rings is 1. The maximum atomic E-state index is 5.64. The number of aromatic amines is 1. The van der Waals surface area contributed by atoms with Gasteiger partial charge in [0.15, 0.2) is 0 Å². The predicted octanol–water partition coefficient (Wildman–Crippen LogP) is 4.87. The fraction of sp³-hybridized carbons (Fsp3) is 0.222. The van der Waals surface area contributed by atoms with Crippen LogP contribution < -0.4 is 10.2 Å². The Labute approximate surface area is 149 Å². The molecule has 3 rings (SSSR count). The summed E-state index contributed by atoms with van der Waals surface area (Å²) in [5.41, 5.74) is 6.99. The maximum absolute atomic E-state index is 5.64. The van der Waals surface area contributed by atoms with E-state index in [0.717, 1.165) is 33.2 Å². The molecule has 3 aromatic rings. The molecule has 0 fully saturated rings. The smallest absolute Gasteiger partial charge is 0.222 e. The lowest BCUT2D eigenvalue weighted by molar-refractivity contribution is 0.315. The summed E-state index contributed by atoms with van der Waals surface area (Å²) in [7, 11) is 0. The molecule has 0 saturated heterocycles. The van der Waals surface area contributed by atoms with E-state index in [1.807, 2.05) is 30.3 Å². The Bertz CT molecular complexity index is 873. The number of H-pyrrole nitrogens is 1. The molecule has 0 aliphatic carbocycles. The molecule has 1 aromatic heterocycles. The fourth-order valence-electron chi connectivity index (χ4n) is 2.27. The van der Waals surface area contributed by atoms with Gasteiger partial charge < -0.3 is 9.72 Å².